The van der Waals surface area contributed by atoms with Crippen molar-refractivity contribution in [3.63, 3.8) is 0 Å². The van der Waals surface area contributed by atoms with Crippen LogP contribution in [0.1, 0.15) is 54.9 Å². The van der Waals surface area contributed by atoms with Gasteiger partial charge in [-0.3, -0.25) is 4.90 Å². The van der Waals surface area contributed by atoms with E-state index in [-0.39, 0.29) is 5.60 Å². The Morgan fingerprint density at radius 1 is 1.25 bits per heavy atom. The van der Waals surface area contributed by atoms with Crippen LogP contribution in [-0.2, 0) is 4.74 Å². The van der Waals surface area contributed by atoms with Crippen LogP contribution in [0.25, 0.3) is 0 Å². The van der Waals surface area contributed by atoms with Crippen LogP contribution < -0.4 is 5.32 Å². The smallest absolute Gasteiger partial charge is 0.0600 e. The minimum atomic E-state index is -0.0303. The maximum Gasteiger partial charge on any atom is 0.0600 e. The standard InChI is InChI=1S/C17H36N2O/c1-8-14(4)15-12-19(9-10-20-17(5,6)7)16(11-18-15)13(2)3/h13-16,18H,8-12H2,1-7H3. The van der Waals surface area contributed by atoms with Gasteiger partial charge in [-0.05, 0) is 32.6 Å². The van der Waals surface area contributed by atoms with Gasteiger partial charge in [0.1, 0.15) is 0 Å². The molecule has 3 unspecified atom stereocenters. The average molecular weight is 284 g/mol. The molecular formula is C17H36N2O. The van der Waals surface area contributed by atoms with Gasteiger partial charge >= 0.3 is 0 Å². The van der Waals surface area contributed by atoms with Crippen molar-refractivity contribution in [3.8, 4) is 0 Å². The molecule has 1 rings (SSSR count). The Morgan fingerprint density at radius 3 is 2.40 bits per heavy atom. The Hall–Kier alpha value is -0.120. The van der Waals surface area contributed by atoms with Crippen molar-refractivity contribution < 1.29 is 4.74 Å². The van der Waals surface area contributed by atoms with E-state index in [9.17, 15) is 0 Å². The van der Waals surface area contributed by atoms with E-state index in [0.717, 1.165) is 32.2 Å². The molecule has 1 heterocycles. The third-order valence-electron chi connectivity index (χ3n) is 4.50. The molecule has 1 saturated heterocycles. The zero-order valence-electron chi connectivity index (χ0n) is 14.7. The van der Waals surface area contributed by atoms with Gasteiger partial charge in [0.15, 0.2) is 0 Å². The lowest BCUT2D eigenvalue weighted by Crippen LogP contribution is -2.60. The van der Waals surface area contributed by atoms with E-state index in [1.54, 1.807) is 0 Å². The van der Waals surface area contributed by atoms with E-state index in [0.29, 0.717) is 18.0 Å². The van der Waals surface area contributed by atoms with Gasteiger partial charge in [0.25, 0.3) is 0 Å². The summed E-state index contributed by atoms with van der Waals surface area (Å²) in [5.41, 5.74) is -0.0303. The summed E-state index contributed by atoms with van der Waals surface area (Å²) in [5.74, 6) is 1.43. The summed E-state index contributed by atoms with van der Waals surface area (Å²) < 4.78 is 5.92. The molecule has 0 aliphatic carbocycles. The Kier molecular flexibility index (Phi) is 6.96. The van der Waals surface area contributed by atoms with Crippen LogP contribution in [0.4, 0.5) is 0 Å². The monoisotopic (exact) mass is 284 g/mol. The molecule has 0 amide bonds. The summed E-state index contributed by atoms with van der Waals surface area (Å²) in [5, 5.41) is 3.76. The minimum Gasteiger partial charge on any atom is -0.375 e. The Balaban J connectivity index is 2.55. The molecule has 0 saturated carbocycles. The molecule has 3 heteroatoms. The maximum atomic E-state index is 5.92. The van der Waals surface area contributed by atoms with E-state index >= 15 is 0 Å². The first-order valence-electron chi connectivity index (χ1n) is 8.36. The normalized spacial score (nSPS) is 27.0. The van der Waals surface area contributed by atoms with Crippen LogP contribution in [0.15, 0.2) is 0 Å². The van der Waals surface area contributed by atoms with E-state index in [4.69, 9.17) is 4.74 Å². The SMILES string of the molecule is CCC(C)C1CN(CCOC(C)(C)C)C(C(C)C)CN1. The van der Waals surface area contributed by atoms with Crippen LogP contribution in [0, 0.1) is 11.8 Å². The predicted molar refractivity (Wildman–Crippen MR) is 87.1 cm³/mol. The first-order valence-corrected chi connectivity index (χ1v) is 8.36. The molecule has 0 bridgehead atoms. The second-order valence-electron chi connectivity index (χ2n) is 7.67. The molecule has 1 aliphatic heterocycles. The molecule has 20 heavy (non-hydrogen) atoms. The highest BCUT2D eigenvalue weighted by Crippen LogP contribution is 2.20. The lowest BCUT2D eigenvalue weighted by atomic mass is 9.92. The number of hydrogen-bond acceptors (Lipinski definition) is 3. The Labute approximate surface area is 126 Å². The van der Waals surface area contributed by atoms with Gasteiger partial charge < -0.3 is 10.1 Å². The zero-order valence-corrected chi connectivity index (χ0v) is 14.7. The fourth-order valence-electron chi connectivity index (χ4n) is 2.90. The second kappa shape index (κ2) is 7.77. The maximum absolute atomic E-state index is 5.92. The van der Waals surface area contributed by atoms with Crippen LogP contribution in [0.3, 0.4) is 0 Å². The highest BCUT2D eigenvalue weighted by molar-refractivity contribution is 4.89. The molecule has 3 nitrogen and oxygen atoms in total. The lowest BCUT2D eigenvalue weighted by molar-refractivity contribution is -0.0275. The largest absolute Gasteiger partial charge is 0.375 e. The van der Waals surface area contributed by atoms with E-state index in [1.807, 2.05) is 0 Å². The van der Waals surface area contributed by atoms with Crippen molar-refractivity contribution in [3.05, 3.63) is 0 Å². The molecule has 0 radical (unpaired) electrons. The van der Waals surface area contributed by atoms with E-state index < -0.39 is 0 Å². The topological polar surface area (TPSA) is 24.5 Å². The molecule has 0 aromatic heterocycles. The highest BCUT2D eigenvalue weighted by atomic mass is 16.5. The molecule has 1 aliphatic rings. The number of rotatable bonds is 6. The van der Waals surface area contributed by atoms with Crippen LogP contribution in [0.2, 0.25) is 0 Å². The highest BCUT2D eigenvalue weighted by Gasteiger charge is 2.31. The zero-order chi connectivity index (χ0) is 15.3. The van der Waals surface area contributed by atoms with Gasteiger partial charge in [-0.15, -0.1) is 0 Å². The molecule has 3 atom stereocenters. The van der Waals surface area contributed by atoms with Crippen molar-refractivity contribution in [1.82, 2.24) is 10.2 Å². The number of hydrogen-bond donors (Lipinski definition) is 1. The fraction of sp³-hybridized carbons (Fsp3) is 1.00. The number of nitrogens with zero attached hydrogens (tertiary/aromatic N) is 1. The first-order chi connectivity index (χ1) is 9.24. The second-order valence-corrected chi connectivity index (χ2v) is 7.67. The summed E-state index contributed by atoms with van der Waals surface area (Å²) in [4.78, 5) is 2.64. The van der Waals surface area contributed by atoms with Crippen LogP contribution >= 0.6 is 0 Å². The van der Waals surface area contributed by atoms with E-state index in [1.165, 1.54) is 6.42 Å². The first kappa shape index (κ1) is 17.9. The van der Waals surface area contributed by atoms with Gasteiger partial charge in [0.05, 0.1) is 12.2 Å². The molecule has 0 aromatic rings. The van der Waals surface area contributed by atoms with Gasteiger partial charge in [-0.25, -0.2) is 0 Å². The predicted octanol–water partition coefficient (Wildman–Crippen LogP) is 3.15. The average Bonchev–Trinajstić information content (AvgIpc) is 2.35. The third kappa shape index (κ3) is 5.71. The van der Waals surface area contributed by atoms with Crippen molar-refractivity contribution in [2.45, 2.75) is 72.6 Å². The summed E-state index contributed by atoms with van der Waals surface area (Å²) >= 11 is 0. The number of piperazine rings is 1. The Bertz CT molecular complexity index is 273. The molecule has 1 N–H and O–H groups in total. The fourth-order valence-corrected chi connectivity index (χ4v) is 2.90. The minimum absolute atomic E-state index is 0.0303. The van der Waals surface area contributed by atoms with Gasteiger partial charge in [-0.1, -0.05) is 34.1 Å². The Morgan fingerprint density at radius 2 is 1.90 bits per heavy atom. The summed E-state index contributed by atoms with van der Waals surface area (Å²) in [6.45, 7) is 19.8. The molecule has 0 aromatic carbocycles. The summed E-state index contributed by atoms with van der Waals surface area (Å²) in [6.07, 6.45) is 1.25. The molecule has 0 spiro atoms. The van der Waals surface area contributed by atoms with E-state index in [2.05, 4.69) is 58.7 Å². The number of ether oxygens (including phenoxy) is 1. The lowest BCUT2D eigenvalue weighted by Gasteiger charge is -2.44. The van der Waals surface area contributed by atoms with Crippen molar-refractivity contribution in [2.24, 2.45) is 11.8 Å². The van der Waals surface area contributed by atoms with Gasteiger partial charge in [0.2, 0.25) is 0 Å². The summed E-state index contributed by atoms with van der Waals surface area (Å²) in [6, 6.07) is 1.27. The van der Waals surface area contributed by atoms with Crippen LogP contribution in [-0.4, -0.2) is 48.8 Å². The van der Waals surface area contributed by atoms with Crippen molar-refractivity contribution in [1.29, 1.82) is 0 Å². The third-order valence-corrected chi connectivity index (χ3v) is 4.50. The molecular weight excluding hydrogens is 248 g/mol. The van der Waals surface area contributed by atoms with Crippen LogP contribution in [0.5, 0.6) is 0 Å². The van der Waals surface area contributed by atoms with Gasteiger partial charge in [-0.2, -0.15) is 0 Å². The van der Waals surface area contributed by atoms with Crippen molar-refractivity contribution >= 4 is 0 Å². The number of nitrogens with one attached hydrogen (secondary N) is 1. The quantitative estimate of drug-likeness (QED) is 0.811. The van der Waals surface area contributed by atoms with Gasteiger partial charge in [0, 0.05) is 31.7 Å². The van der Waals surface area contributed by atoms with Crippen molar-refractivity contribution in [2.75, 3.05) is 26.2 Å². The molecule has 120 valence electrons. The summed E-state index contributed by atoms with van der Waals surface area (Å²) in [7, 11) is 0. The molecule has 1 fully saturated rings.